The van der Waals surface area contributed by atoms with E-state index in [-0.39, 0.29) is 11.8 Å². The molecule has 0 saturated carbocycles. The second-order valence-electron chi connectivity index (χ2n) is 5.33. The van der Waals surface area contributed by atoms with Gasteiger partial charge in [0.15, 0.2) is 0 Å². The van der Waals surface area contributed by atoms with Gasteiger partial charge in [-0.1, -0.05) is 0 Å². The summed E-state index contributed by atoms with van der Waals surface area (Å²) in [6.07, 6.45) is 2.91. The van der Waals surface area contributed by atoms with E-state index in [4.69, 9.17) is 0 Å². The molecule has 2 amide bonds. The van der Waals surface area contributed by atoms with Crippen LogP contribution in [0.1, 0.15) is 19.3 Å². The Morgan fingerprint density at radius 2 is 2.00 bits per heavy atom. The van der Waals surface area contributed by atoms with E-state index in [1.807, 2.05) is 4.90 Å². The smallest absolute Gasteiger partial charge is 0.233 e. The van der Waals surface area contributed by atoms with Gasteiger partial charge in [-0.15, -0.1) is 0 Å². The average molecular weight is 268 g/mol. The molecule has 2 heterocycles. The van der Waals surface area contributed by atoms with Gasteiger partial charge in [0.2, 0.25) is 11.8 Å². The molecule has 6 nitrogen and oxygen atoms in total. The molecule has 0 aliphatic carbocycles. The van der Waals surface area contributed by atoms with Crippen LogP contribution in [-0.2, 0) is 9.59 Å². The van der Waals surface area contributed by atoms with E-state index in [9.17, 15) is 9.59 Å². The molecule has 0 aromatic heterocycles. The Bertz CT molecular complexity index is 321. The normalized spacial score (nSPS) is 24.5. The highest BCUT2D eigenvalue weighted by Gasteiger charge is 2.25. The highest BCUT2D eigenvalue weighted by molar-refractivity contribution is 5.78. The number of carbonyl (C=O) groups is 2. The summed E-state index contributed by atoms with van der Waals surface area (Å²) in [5, 5.41) is 5.98. The van der Waals surface area contributed by atoms with Gasteiger partial charge in [0, 0.05) is 45.7 Å². The van der Waals surface area contributed by atoms with E-state index in [0.29, 0.717) is 19.0 Å². The third-order valence-electron chi connectivity index (χ3n) is 3.95. The lowest BCUT2D eigenvalue weighted by atomic mass is 10.1. The zero-order chi connectivity index (χ0) is 13.7. The average Bonchev–Trinajstić information content (AvgIpc) is 2.92. The summed E-state index contributed by atoms with van der Waals surface area (Å²) in [7, 11) is 1.65. The first-order valence-corrected chi connectivity index (χ1v) is 7.13. The Morgan fingerprint density at radius 1 is 1.26 bits per heavy atom. The van der Waals surface area contributed by atoms with E-state index >= 15 is 0 Å². The van der Waals surface area contributed by atoms with E-state index in [0.717, 1.165) is 39.1 Å². The summed E-state index contributed by atoms with van der Waals surface area (Å²) in [6, 6.07) is 0.372. The van der Waals surface area contributed by atoms with Crippen LogP contribution in [0.2, 0.25) is 0 Å². The maximum Gasteiger partial charge on any atom is 0.233 e. The highest BCUT2D eigenvalue weighted by Crippen LogP contribution is 2.11. The van der Waals surface area contributed by atoms with Crippen molar-refractivity contribution in [1.29, 1.82) is 0 Å². The molecule has 2 rings (SSSR count). The van der Waals surface area contributed by atoms with Crippen molar-refractivity contribution >= 4 is 11.8 Å². The third kappa shape index (κ3) is 4.18. The summed E-state index contributed by atoms with van der Waals surface area (Å²) < 4.78 is 0. The van der Waals surface area contributed by atoms with Gasteiger partial charge in [0.05, 0.1) is 6.54 Å². The van der Waals surface area contributed by atoms with Gasteiger partial charge < -0.3 is 15.5 Å². The van der Waals surface area contributed by atoms with E-state index < -0.39 is 0 Å². The quantitative estimate of drug-likeness (QED) is 0.688. The SMILES string of the molecule is CNC(=O)CN1CCN(C(=O)CC2CCCN2)CC1. The van der Waals surface area contributed by atoms with Crippen molar-refractivity contribution in [3.63, 3.8) is 0 Å². The molecule has 0 radical (unpaired) electrons. The summed E-state index contributed by atoms with van der Waals surface area (Å²) >= 11 is 0. The van der Waals surface area contributed by atoms with Gasteiger partial charge in [-0.3, -0.25) is 14.5 Å². The maximum absolute atomic E-state index is 12.1. The van der Waals surface area contributed by atoms with Gasteiger partial charge in [0.1, 0.15) is 0 Å². The van der Waals surface area contributed by atoms with Gasteiger partial charge in [-0.2, -0.15) is 0 Å². The van der Waals surface area contributed by atoms with Crippen molar-refractivity contribution < 1.29 is 9.59 Å². The topological polar surface area (TPSA) is 64.7 Å². The van der Waals surface area contributed by atoms with Gasteiger partial charge >= 0.3 is 0 Å². The standard InChI is InChI=1S/C13H24N4O2/c1-14-12(18)10-16-5-7-17(8-6-16)13(19)9-11-3-2-4-15-11/h11,15H,2-10H2,1H3,(H,14,18). The molecule has 2 aliphatic heterocycles. The van der Waals surface area contributed by atoms with Crippen LogP contribution in [0.3, 0.4) is 0 Å². The van der Waals surface area contributed by atoms with E-state index in [1.165, 1.54) is 6.42 Å². The second kappa shape index (κ2) is 6.86. The molecule has 0 bridgehead atoms. The molecule has 0 aromatic rings. The van der Waals surface area contributed by atoms with Crippen LogP contribution >= 0.6 is 0 Å². The first kappa shape index (κ1) is 14.3. The minimum absolute atomic E-state index is 0.0370. The van der Waals surface area contributed by atoms with Crippen molar-refractivity contribution in [2.45, 2.75) is 25.3 Å². The molecule has 2 saturated heterocycles. The van der Waals surface area contributed by atoms with Gasteiger partial charge in [0.25, 0.3) is 0 Å². The van der Waals surface area contributed by atoms with Crippen molar-refractivity contribution in [2.75, 3.05) is 46.3 Å². The molecule has 0 aromatic carbocycles. The number of hydrogen-bond acceptors (Lipinski definition) is 4. The Hall–Kier alpha value is -1.14. The number of likely N-dealkylation sites (N-methyl/N-ethyl adjacent to an activating group) is 1. The number of piperazine rings is 1. The Kier molecular flexibility index (Phi) is 5.15. The summed E-state index contributed by atoms with van der Waals surface area (Å²) in [4.78, 5) is 27.4. The minimum Gasteiger partial charge on any atom is -0.358 e. The van der Waals surface area contributed by atoms with Gasteiger partial charge in [-0.05, 0) is 19.4 Å². The molecule has 6 heteroatoms. The van der Waals surface area contributed by atoms with Gasteiger partial charge in [-0.25, -0.2) is 0 Å². The lowest BCUT2D eigenvalue weighted by molar-refractivity contribution is -0.133. The number of rotatable bonds is 4. The van der Waals surface area contributed by atoms with Crippen molar-refractivity contribution in [3.8, 4) is 0 Å². The summed E-state index contributed by atoms with van der Waals surface area (Å²) in [5.74, 6) is 0.286. The van der Waals surface area contributed by atoms with Crippen LogP contribution in [0, 0.1) is 0 Å². The van der Waals surface area contributed by atoms with E-state index in [1.54, 1.807) is 7.05 Å². The molecule has 2 fully saturated rings. The fourth-order valence-electron chi connectivity index (χ4n) is 2.71. The Balaban J connectivity index is 1.70. The van der Waals surface area contributed by atoms with Crippen LogP contribution in [0.25, 0.3) is 0 Å². The fourth-order valence-corrected chi connectivity index (χ4v) is 2.71. The van der Waals surface area contributed by atoms with Crippen molar-refractivity contribution in [3.05, 3.63) is 0 Å². The Labute approximate surface area is 114 Å². The Morgan fingerprint density at radius 3 is 2.58 bits per heavy atom. The maximum atomic E-state index is 12.1. The zero-order valence-corrected chi connectivity index (χ0v) is 11.7. The fraction of sp³-hybridized carbons (Fsp3) is 0.846. The molecular formula is C13H24N4O2. The molecule has 2 aliphatic rings. The summed E-state index contributed by atoms with van der Waals surface area (Å²) in [6.45, 7) is 4.53. The van der Waals surface area contributed by atoms with Crippen LogP contribution in [0.15, 0.2) is 0 Å². The number of nitrogens with one attached hydrogen (secondary N) is 2. The molecule has 1 unspecified atom stereocenters. The largest absolute Gasteiger partial charge is 0.358 e. The van der Waals surface area contributed by atoms with E-state index in [2.05, 4.69) is 15.5 Å². The van der Waals surface area contributed by atoms with Crippen molar-refractivity contribution in [1.82, 2.24) is 20.4 Å². The number of carbonyl (C=O) groups excluding carboxylic acids is 2. The summed E-state index contributed by atoms with van der Waals surface area (Å²) in [5.41, 5.74) is 0. The predicted octanol–water partition coefficient (Wildman–Crippen LogP) is -0.981. The first-order chi connectivity index (χ1) is 9.19. The lowest BCUT2D eigenvalue weighted by Crippen LogP contribution is -2.51. The van der Waals surface area contributed by atoms with Crippen LogP contribution in [-0.4, -0.2) is 74.0 Å². The number of nitrogens with zero attached hydrogens (tertiary/aromatic N) is 2. The second-order valence-corrected chi connectivity index (χ2v) is 5.33. The monoisotopic (exact) mass is 268 g/mol. The number of hydrogen-bond donors (Lipinski definition) is 2. The molecule has 2 N–H and O–H groups in total. The van der Waals surface area contributed by atoms with Crippen molar-refractivity contribution in [2.24, 2.45) is 0 Å². The molecule has 19 heavy (non-hydrogen) atoms. The van der Waals surface area contributed by atoms with Crippen LogP contribution in [0.5, 0.6) is 0 Å². The molecular weight excluding hydrogens is 244 g/mol. The van der Waals surface area contributed by atoms with Crippen LogP contribution in [0.4, 0.5) is 0 Å². The zero-order valence-electron chi connectivity index (χ0n) is 11.7. The van der Waals surface area contributed by atoms with Crippen LogP contribution < -0.4 is 10.6 Å². The lowest BCUT2D eigenvalue weighted by Gasteiger charge is -2.34. The third-order valence-corrected chi connectivity index (χ3v) is 3.95. The first-order valence-electron chi connectivity index (χ1n) is 7.13. The predicted molar refractivity (Wildman–Crippen MR) is 72.7 cm³/mol. The molecule has 1 atom stereocenters. The molecule has 108 valence electrons. The highest BCUT2D eigenvalue weighted by atomic mass is 16.2. The molecule has 0 spiro atoms. The number of amides is 2. The minimum atomic E-state index is 0.0370.